The van der Waals surface area contributed by atoms with Gasteiger partial charge < -0.3 is 14.6 Å². The van der Waals surface area contributed by atoms with E-state index in [0.29, 0.717) is 37.4 Å². The lowest BCUT2D eigenvalue weighted by atomic mass is 9.88. The number of aryl methyl sites for hydroxylation is 1. The third kappa shape index (κ3) is 5.24. The summed E-state index contributed by atoms with van der Waals surface area (Å²) >= 11 is 0. The number of aromatic nitrogens is 5. The Hall–Kier alpha value is -3.85. The normalized spacial score (nSPS) is 15.6. The van der Waals surface area contributed by atoms with E-state index >= 15 is 0 Å². The molecule has 1 N–H and O–H groups in total. The molecule has 8 nitrogen and oxygen atoms in total. The van der Waals surface area contributed by atoms with Crippen LogP contribution < -0.4 is 0 Å². The molecule has 1 saturated heterocycles. The summed E-state index contributed by atoms with van der Waals surface area (Å²) in [7, 11) is 1.90. The fraction of sp³-hybridized carbons (Fsp3) is 0.379. The number of amides is 1. The van der Waals surface area contributed by atoms with E-state index in [1.165, 1.54) is 12.1 Å². The van der Waals surface area contributed by atoms with Crippen LogP contribution in [-0.4, -0.2) is 53.3 Å². The van der Waals surface area contributed by atoms with Crippen LogP contribution >= 0.6 is 0 Å². The second-order valence-corrected chi connectivity index (χ2v) is 11.1. The van der Waals surface area contributed by atoms with Crippen LogP contribution in [-0.2, 0) is 29.4 Å². The number of hydrogen-bond acceptors (Lipinski definition) is 5. The van der Waals surface area contributed by atoms with Gasteiger partial charge in [0, 0.05) is 44.3 Å². The quantitative estimate of drug-likeness (QED) is 0.428. The standard InChI is InChI=1S/C29H33FN6O2/c1-28(2,3)22-7-10-24(31-16-22)27-33-25(18-34(27)4)29(38)11-13-35(14-12-29)26(37)19-36-17-21(15-32-36)20-5-8-23(30)9-6-20/h5-10,15-18,38H,11-14,19H2,1-4H3. The Morgan fingerprint density at radius 2 is 1.74 bits per heavy atom. The Balaban J connectivity index is 1.22. The first kappa shape index (κ1) is 25.8. The van der Waals surface area contributed by atoms with Crippen molar-refractivity contribution in [3.05, 3.63) is 78.3 Å². The van der Waals surface area contributed by atoms with Gasteiger partial charge >= 0.3 is 0 Å². The fourth-order valence-corrected chi connectivity index (χ4v) is 4.76. The Morgan fingerprint density at radius 3 is 2.37 bits per heavy atom. The largest absolute Gasteiger partial charge is 0.383 e. The number of likely N-dealkylation sites (tertiary alicyclic amines) is 1. The van der Waals surface area contributed by atoms with Crippen molar-refractivity contribution in [2.75, 3.05) is 13.1 Å². The van der Waals surface area contributed by atoms with Gasteiger partial charge in [0.25, 0.3) is 0 Å². The fourth-order valence-electron chi connectivity index (χ4n) is 4.76. The minimum atomic E-state index is -1.11. The zero-order valence-electron chi connectivity index (χ0n) is 22.2. The average Bonchev–Trinajstić information content (AvgIpc) is 3.51. The number of piperidine rings is 1. The topological polar surface area (TPSA) is 89.1 Å². The maximum absolute atomic E-state index is 13.2. The Kier molecular flexibility index (Phi) is 6.65. The summed E-state index contributed by atoms with van der Waals surface area (Å²) in [6.07, 6.45) is 7.97. The van der Waals surface area contributed by atoms with Crippen molar-refractivity contribution in [1.82, 2.24) is 29.2 Å². The van der Waals surface area contributed by atoms with E-state index in [4.69, 9.17) is 4.98 Å². The lowest BCUT2D eigenvalue weighted by molar-refractivity contribution is -0.136. The molecule has 1 fully saturated rings. The number of hydrogen-bond donors (Lipinski definition) is 1. The van der Waals surface area contributed by atoms with Gasteiger partial charge in [0.05, 0.1) is 11.9 Å². The molecular weight excluding hydrogens is 483 g/mol. The first-order valence-corrected chi connectivity index (χ1v) is 12.8. The Bertz CT molecular complexity index is 1430. The molecule has 0 atom stereocenters. The zero-order valence-corrected chi connectivity index (χ0v) is 22.2. The predicted octanol–water partition coefficient (Wildman–Crippen LogP) is 4.29. The van der Waals surface area contributed by atoms with Crippen LogP contribution in [0.5, 0.6) is 0 Å². The molecule has 9 heteroatoms. The third-order valence-electron chi connectivity index (χ3n) is 7.26. The van der Waals surface area contributed by atoms with Gasteiger partial charge in [-0.05, 0) is 47.6 Å². The van der Waals surface area contributed by atoms with E-state index in [9.17, 15) is 14.3 Å². The van der Waals surface area contributed by atoms with Crippen LogP contribution in [0.4, 0.5) is 4.39 Å². The maximum Gasteiger partial charge on any atom is 0.244 e. The van der Waals surface area contributed by atoms with Gasteiger partial charge in [-0.25, -0.2) is 9.37 Å². The molecule has 1 aliphatic heterocycles. The van der Waals surface area contributed by atoms with Crippen molar-refractivity contribution < 1.29 is 14.3 Å². The summed E-state index contributed by atoms with van der Waals surface area (Å²) in [5.74, 6) is 0.336. The molecule has 1 aliphatic rings. The number of carbonyl (C=O) groups is 1. The van der Waals surface area contributed by atoms with Crippen molar-refractivity contribution in [2.24, 2.45) is 7.05 Å². The molecule has 38 heavy (non-hydrogen) atoms. The van der Waals surface area contributed by atoms with E-state index in [0.717, 1.165) is 22.4 Å². The second-order valence-electron chi connectivity index (χ2n) is 11.1. The molecule has 1 aromatic carbocycles. The molecule has 0 aliphatic carbocycles. The minimum Gasteiger partial charge on any atom is -0.383 e. The highest BCUT2D eigenvalue weighted by Gasteiger charge is 2.38. The highest BCUT2D eigenvalue weighted by molar-refractivity contribution is 5.76. The van der Waals surface area contributed by atoms with Crippen LogP contribution in [0.2, 0.25) is 0 Å². The second kappa shape index (κ2) is 9.79. The van der Waals surface area contributed by atoms with Crippen LogP contribution in [0.15, 0.2) is 61.2 Å². The van der Waals surface area contributed by atoms with Crippen LogP contribution in [0.1, 0.15) is 44.9 Å². The van der Waals surface area contributed by atoms with Crippen LogP contribution in [0.25, 0.3) is 22.6 Å². The first-order chi connectivity index (χ1) is 18.0. The van der Waals surface area contributed by atoms with E-state index < -0.39 is 5.60 Å². The van der Waals surface area contributed by atoms with E-state index in [2.05, 4.69) is 36.9 Å². The van der Waals surface area contributed by atoms with Gasteiger partial charge in [-0.2, -0.15) is 5.10 Å². The molecule has 5 rings (SSSR count). The van der Waals surface area contributed by atoms with E-state index in [-0.39, 0.29) is 23.7 Å². The highest BCUT2D eigenvalue weighted by Crippen LogP contribution is 2.34. The molecule has 0 spiro atoms. The number of rotatable bonds is 5. The van der Waals surface area contributed by atoms with Gasteiger partial charge in [-0.1, -0.05) is 39.0 Å². The number of imidazole rings is 1. The van der Waals surface area contributed by atoms with E-state index in [1.807, 2.05) is 30.1 Å². The van der Waals surface area contributed by atoms with Gasteiger partial charge in [0.2, 0.25) is 5.91 Å². The molecule has 4 aromatic rings. The monoisotopic (exact) mass is 516 g/mol. The number of carbonyl (C=O) groups excluding carboxylic acids is 1. The average molecular weight is 517 g/mol. The van der Waals surface area contributed by atoms with Gasteiger partial charge in [-0.15, -0.1) is 0 Å². The number of halogens is 1. The molecule has 198 valence electrons. The lowest BCUT2D eigenvalue weighted by Crippen LogP contribution is -2.46. The smallest absolute Gasteiger partial charge is 0.244 e. The predicted molar refractivity (Wildman–Crippen MR) is 142 cm³/mol. The molecule has 0 bridgehead atoms. The summed E-state index contributed by atoms with van der Waals surface area (Å²) in [6, 6.07) is 10.2. The third-order valence-corrected chi connectivity index (χ3v) is 7.26. The van der Waals surface area contributed by atoms with Gasteiger partial charge in [0.1, 0.15) is 23.7 Å². The Morgan fingerprint density at radius 1 is 1.03 bits per heavy atom. The van der Waals surface area contributed by atoms with Crippen molar-refractivity contribution in [1.29, 1.82) is 0 Å². The number of pyridine rings is 1. The van der Waals surface area contributed by atoms with Crippen LogP contribution in [0.3, 0.4) is 0 Å². The number of aliphatic hydroxyl groups is 1. The van der Waals surface area contributed by atoms with Crippen molar-refractivity contribution in [2.45, 2.75) is 51.2 Å². The summed E-state index contributed by atoms with van der Waals surface area (Å²) in [6.45, 7) is 7.39. The zero-order chi connectivity index (χ0) is 27.1. The van der Waals surface area contributed by atoms with Crippen molar-refractivity contribution >= 4 is 5.91 Å². The molecular formula is C29H33FN6O2. The molecule has 0 unspecified atom stereocenters. The SMILES string of the molecule is Cn1cc(C2(O)CCN(C(=O)Cn3cc(-c4ccc(F)cc4)cn3)CC2)nc1-c1ccc(C(C)(C)C)cn1. The van der Waals surface area contributed by atoms with Crippen molar-refractivity contribution in [3.8, 4) is 22.6 Å². The highest BCUT2D eigenvalue weighted by atomic mass is 19.1. The molecule has 4 heterocycles. The van der Waals surface area contributed by atoms with Crippen molar-refractivity contribution in [3.63, 3.8) is 0 Å². The first-order valence-electron chi connectivity index (χ1n) is 12.8. The number of nitrogens with zero attached hydrogens (tertiary/aromatic N) is 6. The number of benzene rings is 1. The molecule has 0 saturated carbocycles. The van der Waals surface area contributed by atoms with Gasteiger partial charge in [0.15, 0.2) is 5.82 Å². The molecule has 1 amide bonds. The van der Waals surface area contributed by atoms with E-state index in [1.54, 1.807) is 34.1 Å². The van der Waals surface area contributed by atoms with Gasteiger partial charge in [-0.3, -0.25) is 14.5 Å². The maximum atomic E-state index is 13.2. The summed E-state index contributed by atoms with van der Waals surface area (Å²) in [4.78, 5) is 24.1. The molecule has 3 aromatic heterocycles. The summed E-state index contributed by atoms with van der Waals surface area (Å²) in [5.41, 5.74) is 3.05. The summed E-state index contributed by atoms with van der Waals surface area (Å²) in [5, 5.41) is 15.7. The Labute approximate surface area is 221 Å². The minimum absolute atomic E-state index is 0.0151. The lowest BCUT2D eigenvalue weighted by Gasteiger charge is -2.37. The summed E-state index contributed by atoms with van der Waals surface area (Å²) < 4.78 is 16.7. The van der Waals surface area contributed by atoms with Crippen LogP contribution in [0, 0.1) is 5.82 Å². The molecule has 0 radical (unpaired) electrons.